The molecular formula is C18H20O3. The van der Waals surface area contributed by atoms with Gasteiger partial charge in [-0.15, -0.1) is 0 Å². The van der Waals surface area contributed by atoms with E-state index in [9.17, 15) is 4.79 Å². The number of epoxide rings is 1. The quantitative estimate of drug-likeness (QED) is 0.622. The van der Waals surface area contributed by atoms with E-state index in [1.54, 1.807) is 0 Å². The largest absolute Gasteiger partial charge is 0.458 e. The van der Waals surface area contributed by atoms with Gasteiger partial charge in [0.05, 0.1) is 0 Å². The first-order valence-corrected chi connectivity index (χ1v) is 7.19. The second-order valence-corrected chi connectivity index (χ2v) is 6.70. The maximum Gasteiger partial charge on any atom is 0.339 e. The van der Waals surface area contributed by atoms with E-state index in [-0.39, 0.29) is 5.97 Å². The number of ether oxygens (including phenoxy) is 2. The van der Waals surface area contributed by atoms with Gasteiger partial charge in [-0.3, -0.25) is 0 Å². The predicted molar refractivity (Wildman–Crippen MR) is 82.0 cm³/mol. The molecule has 0 radical (unpaired) electrons. The molecule has 1 fully saturated rings. The molecule has 0 aliphatic carbocycles. The van der Waals surface area contributed by atoms with Gasteiger partial charge in [-0.25, -0.2) is 4.79 Å². The first-order chi connectivity index (χ1) is 9.79. The molecule has 0 bridgehead atoms. The zero-order chi connectivity index (χ0) is 15.3. The van der Waals surface area contributed by atoms with Crippen LogP contribution in [0, 0.1) is 0 Å². The number of esters is 1. The molecule has 2 aromatic rings. The van der Waals surface area contributed by atoms with Gasteiger partial charge in [-0.1, -0.05) is 36.4 Å². The van der Waals surface area contributed by atoms with Crippen LogP contribution in [-0.4, -0.2) is 17.7 Å². The third-order valence-corrected chi connectivity index (χ3v) is 3.75. The van der Waals surface area contributed by atoms with Crippen molar-refractivity contribution in [3.63, 3.8) is 0 Å². The summed E-state index contributed by atoms with van der Waals surface area (Å²) in [4.78, 5) is 12.1. The Bertz CT molecular complexity index is 699. The second kappa shape index (κ2) is 4.57. The highest BCUT2D eigenvalue weighted by Crippen LogP contribution is 2.47. The van der Waals surface area contributed by atoms with Gasteiger partial charge in [0, 0.05) is 0 Å². The van der Waals surface area contributed by atoms with Crippen LogP contribution in [0.25, 0.3) is 10.8 Å². The minimum atomic E-state index is -0.577. The van der Waals surface area contributed by atoms with Gasteiger partial charge in [0.15, 0.2) is 6.10 Å². The Morgan fingerprint density at radius 3 is 2.48 bits per heavy atom. The summed E-state index contributed by atoms with van der Waals surface area (Å²) in [6, 6.07) is 14.3. The van der Waals surface area contributed by atoms with Gasteiger partial charge >= 0.3 is 5.97 Å². The van der Waals surface area contributed by atoms with Crippen LogP contribution in [0.2, 0.25) is 0 Å². The molecule has 1 aliphatic heterocycles. The third kappa shape index (κ3) is 2.66. The standard InChI is InChI=1S/C18H20O3/c1-17(2,3)21-16(19)15-18(4,20-15)14-10-9-12-7-5-6-8-13(12)11-14/h5-11,15H,1-4H3. The van der Waals surface area contributed by atoms with Gasteiger partial charge < -0.3 is 9.47 Å². The summed E-state index contributed by atoms with van der Waals surface area (Å²) in [5.74, 6) is -0.293. The number of fused-ring (bicyclic) bond motifs is 1. The molecule has 2 atom stereocenters. The van der Waals surface area contributed by atoms with E-state index >= 15 is 0 Å². The van der Waals surface area contributed by atoms with Gasteiger partial charge in [0.1, 0.15) is 11.2 Å². The van der Waals surface area contributed by atoms with Gasteiger partial charge in [0.2, 0.25) is 0 Å². The van der Waals surface area contributed by atoms with Gasteiger partial charge in [0.25, 0.3) is 0 Å². The van der Waals surface area contributed by atoms with Gasteiger partial charge in [-0.2, -0.15) is 0 Å². The molecule has 0 N–H and O–H groups in total. The Kier molecular flexibility index (Phi) is 3.06. The lowest BCUT2D eigenvalue weighted by atomic mass is 9.95. The van der Waals surface area contributed by atoms with Crippen molar-refractivity contribution in [3.8, 4) is 0 Å². The van der Waals surface area contributed by atoms with E-state index in [2.05, 4.69) is 24.3 Å². The minimum Gasteiger partial charge on any atom is -0.458 e. The molecule has 0 amide bonds. The summed E-state index contributed by atoms with van der Waals surface area (Å²) in [6.07, 6.45) is -0.516. The fourth-order valence-corrected chi connectivity index (χ4v) is 2.56. The average molecular weight is 284 g/mol. The van der Waals surface area contributed by atoms with Crippen LogP contribution in [0.1, 0.15) is 33.3 Å². The van der Waals surface area contributed by atoms with Crippen LogP contribution in [0.5, 0.6) is 0 Å². The summed E-state index contributed by atoms with van der Waals surface area (Å²) in [7, 11) is 0. The molecule has 3 rings (SSSR count). The number of hydrogen-bond acceptors (Lipinski definition) is 3. The van der Waals surface area contributed by atoms with Crippen molar-refractivity contribution < 1.29 is 14.3 Å². The van der Waals surface area contributed by atoms with E-state index in [0.29, 0.717) is 0 Å². The normalized spacial score (nSPS) is 24.9. The van der Waals surface area contributed by atoms with Crippen molar-refractivity contribution in [1.82, 2.24) is 0 Å². The lowest BCUT2D eigenvalue weighted by Gasteiger charge is -2.19. The maximum absolute atomic E-state index is 12.1. The van der Waals surface area contributed by atoms with E-state index < -0.39 is 17.3 Å². The fourth-order valence-electron chi connectivity index (χ4n) is 2.56. The van der Waals surface area contributed by atoms with Crippen molar-refractivity contribution in [3.05, 3.63) is 48.0 Å². The van der Waals surface area contributed by atoms with E-state index in [0.717, 1.165) is 10.9 Å². The summed E-state index contributed by atoms with van der Waals surface area (Å²) >= 11 is 0. The van der Waals surface area contributed by atoms with Crippen LogP contribution >= 0.6 is 0 Å². The summed E-state index contributed by atoms with van der Waals surface area (Å²) in [5.41, 5.74) is -0.0586. The Morgan fingerprint density at radius 2 is 1.81 bits per heavy atom. The Balaban J connectivity index is 1.85. The highest BCUT2D eigenvalue weighted by Gasteiger charge is 2.59. The smallest absolute Gasteiger partial charge is 0.339 e. The SMILES string of the molecule is CC(C)(C)OC(=O)C1OC1(C)c1ccc2ccccc2c1. The second-order valence-electron chi connectivity index (χ2n) is 6.70. The molecular weight excluding hydrogens is 264 g/mol. The highest BCUT2D eigenvalue weighted by atomic mass is 16.7. The summed E-state index contributed by atoms with van der Waals surface area (Å²) in [6.45, 7) is 7.52. The first kappa shape index (κ1) is 14.1. The molecule has 3 nitrogen and oxygen atoms in total. The predicted octanol–water partition coefficient (Wildman–Crippen LogP) is 3.80. The van der Waals surface area contributed by atoms with Crippen LogP contribution in [0.3, 0.4) is 0 Å². The van der Waals surface area contributed by atoms with Crippen LogP contribution in [-0.2, 0) is 19.9 Å². The molecule has 21 heavy (non-hydrogen) atoms. The first-order valence-electron chi connectivity index (χ1n) is 7.19. The highest BCUT2D eigenvalue weighted by molar-refractivity contribution is 5.85. The lowest BCUT2D eigenvalue weighted by molar-refractivity contribution is -0.156. The zero-order valence-corrected chi connectivity index (χ0v) is 12.8. The molecule has 2 unspecified atom stereocenters. The monoisotopic (exact) mass is 284 g/mol. The summed E-state index contributed by atoms with van der Waals surface area (Å²) in [5, 5.41) is 2.33. The number of benzene rings is 2. The Morgan fingerprint density at radius 1 is 1.14 bits per heavy atom. The molecule has 3 heteroatoms. The molecule has 1 heterocycles. The molecule has 110 valence electrons. The summed E-state index contributed by atoms with van der Waals surface area (Å²) < 4.78 is 11.1. The molecule has 1 aliphatic rings. The third-order valence-electron chi connectivity index (χ3n) is 3.75. The number of carbonyl (C=O) groups is 1. The number of hydrogen-bond donors (Lipinski definition) is 0. The van der Waals surface area contributed by atoms with Crippen molar-refractivity contribution in [1.29, 1.82) is 0 Å². The van der Waals surface area contributed by atoms with Gasteiger partial charge in [-0.05, 0) is 50.1 Å². The Labute approximate surface area is 124 Å². The molecule has 0 aromatic heterocycles. The topological polar surface area (TPSA) is 38.8 Å². The molecule has 2 aromatic carbocycles. The van der Waals surface area contributed by atoms with Crippen LogP contribution in [0.15, 0.2) is 42.5 Å². The Hall–Kier alpha value is -1.87. The zero-order valence-electron chi connectivity index (χ0n) is 12.8. The van der Waals surface area contributed by atoms with Crippen molar-refractivity contribution in [2.24, 2.45) is 0 Å². The van der Waals surface area contributed by atoms with E-state index in [1.807, 2.05) is 45.9 Å². The fraction of sp³-hybridized carbons (Fsp3) is 0.389. The lowest BCUT2D eigenvalue weighted by Crippen LogP contribution is -2.28. The van der Waals surface area contributed by atoms with Crippen LogP contribution in [0.4, 0.5) is 0 Å². The van der Waals surface area contributed by atoms with Crippen molar-refractivity contribution in [2.45, 2.75) is 45.0 Å². The molecule has 0 spiro atoms. The molecule has 0 saturated carbocycles. The van der Waals surface area contributed by atoms with Crippen molar-refractivity contribution >= 4 is 16.7 Å². The molecule has 1 saturated heterocycles. The minimum absolute atomic E-state index is 0.293. The van der Waals surface area contributed by atoms with E-state index in [1.165, 1.54) is 5.39 Å². The van der Waals surface area contributed by atoms with Crippen molar-refractivity contribution in [2.75, 3.05) is 0 Å². The number of carbonyl (C=O) groups excluding carboxylic acids is 1. The number of rotatable bonds is 2. The average Bonchev–Trinajstić information content (AvgIpc) is 3.10. The van der Waals surface area contributed by atoms with E-state index in [4.69, 9.17) is 9.47 Å². The maximum atomic E-state index is 12.1. The van der Waals surface area contributed by atoms with Crippen LogP contribution < -0.4 is 0 Å².